The third kappa shape index (κ3) is 4.03. The highest BCUT2D eigenvalue weighted by Crippen LogP contribution is 2.38. The van der Waals surface area contributed by atoms with Crippen molar-refractivity contribution in [1.82, 2.24) is 4.90 Å². The number of nitro benzene ring substituents is 1. The number of benzene rings is 2. The first-order valence-corrected chi connectivity index (χ1v) is 10.4. The third-order valence-corrected chi connectivity index (χ3v) is 5.72. The summed E-state index contributed by atoms with van der Waals surface area (Å²) < 4.78 is 5.43. The van der Waals surface area contributed by atoms with E-state index in [1.54, 1.807) is 24.3 Å². The zero-order valence-corrected chi connectivity index (χ0v) is 17.0. The van der Waals surface area contributed by atoms with Gasteiger partial charge in [0.2, 0.25) is 0 Å². The molecule has 1 amide bonds. The molecule has 1 saturated heterocycles. The summed E-state index contributed by atoms with van der Waals surface area (Å²) in [5, 5.41) is 18.2. The molecular weight excluding hydrogens is 384 g/mol. The van der Waals surface area contributed by atoms with Crippen molar-refractivity contribution in [1.29, 1.82) is 0 Å². The van der Waals surface area contributed by atoms with Crippen molar-refractivity contribution >= 4 is 23.0 Å². The standard InChI is InChI=1S/C22H26N4O4/c1-2-30-17-5-3-15(4-6-17)22(27)25-13-10-16(11-14-25)24-21-18-9-12-23-19(18)7-8-20(21)26(28)29/h3-8,16,23-24H,2,9-14H2,1H3. The Morgan fingerprint density at radius 1 is 1.23 bits per heavy atom. The molecule has 4 rings (SSSR count). The van der Waals surface area contributed by atoms with Gasteiger partial charge in [0.05, 0.1) is 11.5 Å². The van der Waals surface area contributed by atoms with Gasteiger partial charge in [0.1, 0.15) is 11.4 Å². The van der Waals surface area contributed by atoms with Gasteiger partial charge >= 0.3 is 0 Å². The Balaban J connectivity index is 1.40. The molecule has 2 N–H and O–H groups in total. The number of hydrogen-bond donors (Lipinski definition) is 2. The lowest BCUT2D eigenvalue weighted by Crippen LogP contribution is -2.42. The van der Waals surface area contributed by atoms with Crippen LogP contribution in [-0.2, 0) is 6.42 Å². The molecule has 0 unspecified atom stereocenters. The van der Waals surface area contributed by atoms with Crippen molar-refractivity contribution in [3.05, 3.63) is 57.6 Å². The number of rotatable bonds is 6. The number of anilines is 2. The first-order chi connectivity index (χ1) is 14.6. The van der Waals surface area contributed by atoms with Crippen LogP contribution in [-0.4, -0.2) is 48.0 Å². The third-order valence-electron chi connectivity index (χ3n) is 5.72. The van der Waals surface area contributed by atoms with E-state index in [4.69, 9.17) is 4.74 Å². The number of hydrogen-bond acceptors (Lipinski definition) is 6. The van der Waals surface area contributed by atoms with Crippen LogP contribution in [0.5, 0.6) is 5.75 Å². The number of nitrogens with one attached hydrogen (secondary N) is 2. The van der Waals surface area contributed by atoms with Gasteiger partial charge in [0.15, 0.2) is 0 Å². The molecule has 2 aromatic rings. The zero-order chi connectivity index (χ0) is 21.1. The molecule has 0 bridgehead atoms. The first-order valence-electron chi connectivity index (χ1n) is 10.4. The van der Waals surface area contributed by atoms with Crippen LogP contribution < -0.4 is 15.4 Å². The highest BCUT2D eigenvalue weighted by Gasteiger charge is 2.28. The summed E-state index contributed by atoms with van der Waals surface area (Å²) >= 11 is 0. The zero-order valence-electron chi connectivity index (χ0n) is 17.0. The Labute approximate surface area is 175 Å². The molecule has 8 heteroatoms. The smallest absolute Gasteiger partial charge is 0.292 e. The molecule has 0 aromatic heterocycles. The molecule has 0 atom stereocenters. The number of piperidine rings is 1. The normalized spacial score (nSPS) is 16.0. The summed E-state index contributed by atoms with van der Waals surface area (Å²) in [6.07, 6.45) is 2.27. The summed E-state index contributed by atoms with van der Waals surface area (Å²) in [5.41, 5.74) is 3.33. The monoisotopic (exact) mass is 410 g/mol. The fraction of sp³-hybridized carbons (Fsp3) is 0.409. The molecule has 2 heterocycles. The number of carbonyl (C=O) groups is 1. The molecule has 2 aliphatic rings. The molecular formula is C22H26N4O4. The maximum absolute atomic E-state index is 12.8. The Morgan fingerprint density at radius 2 is 1.97 bits per heavy atom. The lowest BCUT2D eigenvalue weighted by Gasteiger charge is -2.33. The number of fused-ring (bicyclic) bond motifs is 1. The van der Waals surface area contributed by atoms with Gasteiger partial charge < -0.3 is 20.3 Å². The Hall–Kier alpha value is -3.29. The fourth-order valence-corrected chi connectivity index (χ4v) is 4.17. The Bertz CT molecular complexity index is 937. The Kier molecular flexibility index (Phi) is 5.74. The fourth-order valence-electron chi connectivity index (χ4n) is 4.17. The van der Waals surface area contributed by atoms with Crippen molar-refractivity contribution in [2.75, 3.05) is 36.9 Å². The second kappa shape index (κ2) is 8.61. The van der Waals surface area contributed by atoms with E-state index in [-0.39, 0.29) is 22.6 Å². The minimum atomic E-state index is -0.328. The Morgan fingerprint density at radius 3 is 2.63 bits per heavy atom. The van der Waals surface area contributed by atoms with E-state index in [0.29, 0.717) is 30.9 Å². The van der Waals surface area contributed by atoms with Crippen LogP contribution >= 0.6 is 0 Å². The number of carbonyl (C=O) groups excluding carboxylic acids is 1. The van der Waals surface area contributed by atoms with E-state index in [1.165, 1.54) is 0 Å². The number of amides is 1. The van der Waals surface area contributed by atoms with Crippen molar-refractivity contribution < 1.29 is 14.5 Å². The van der Waals surface area contributed by atoms with E-state index in [2.05, 4.69) is 10.6 Å². The van der Waals surface area contributed by atoms with Crippen LogP contribution in [0.15, 0.2) is 36.4 Å². The van der Waals surface area contributed by atoms with Crippen LogP contribution in [0.2, 0.25) is 0 Å². The molecule has 0 spiro atoms. The van der Waals surface area contributed by atoms with Gasteiger partial charge in [-0.25, -0.2) is 0 Å². The molecule has 30 heavy (non-hydrogen) atoms. The van der Waals surface area contributed by atoms with Crippen LogP contribution in [0.1, 0.15) is 35.7 Å². The van der Waals surface area contributed by atoms with E-state index >= 15 is 0 Å². The van der Waals surface area contributed by atoms with E-state index in [9.17, 15) is 14.9 Å². The van der Waals surface area contributed by atoms with Gasteiger partial charge in [-0.1, -0.05) is 0 Å². The summed E-state index contributed by atoms with van der Waals surface area (Å²) in [6, 6.07) is 10.7. The molecule has 2 aliphatic heterocycles. The number of ether oxygens (including phenoxy) is 1. The van der Waals surface area contributed by atoms with Crippen LogP contribution in [0, 0.1) is 10.1 Å². The van der Waals surface area contributed by atoms with Crippen LogP contribution in [0.4, 0.5) is 17.1 Å². The van der Waals surface area contributed by atoms with E-state index in [1.807, 2.05) is 24.0 Å². The summed E-state index contributed by atoms with van der Waals surface area (Å²) in [4.78, 5) is 25.8. The maximum Gasteiger partial charge on any atom is 0.292 e. The topological polar surface area (TPSA) is 96.7 Å². The first kappa shape index (κ1) is 20.0. The summed E-state index contributed by atoms with van der Waals surface area (Å²) in [7, 11) is 0. The van der Waals surface area contributed by atoms with Gasteiger partial charge in [0, 0.05) is 48.6 Å². The highest BCUT2D eigenvalue weighted by atomic mass is 16.6. The van der Waals surface area contributed by atoms with Gasteiger partial charge in [-0.05, 0) is 56.5 Å². The maximum atomic E-state index is 12.8. The number of nitro groups is 1. The van der Waals surface area contributed by atoms with Crippen molar-refractivity contribution in [2.45, 2.75) is 32.2 Å². The molecule has 158 valence electrons. The number of nitrogens with zero attached hydrogens (tertiary/aromatic N) is 2. The predicted octanol–water partition coefficient (Wildman–Crippen LogP) is 3.68. The molecule has 0 aliphatic carbocycles. The quantitative estimate of drug-likeness (QED) is 0.557. The molecule has 2 aromatic carbocycles. The highest BCUT2D eigenvalue weighted by molar-refractivity contribution is 5.94. The largest absolute Gasteiger partial charge is 0.494 e. The lowest BCUT2D eigenvalue weighted by atomic mass is 10.0. The van der Waals surface area contributed by atoms with Crippen LogP contribution in [0.25, 0.3) is 0 Å². The van der Waals surface area contributed by atoms with Gasteiger partial charge in [-0.2, -0.15) is 0 Å². The van der Waals surface area contributed by atoms with Crippen molar-refractivity contribution in [3.63, 3.8) is 0 Å². The molecule has 1 fully saturated rings. The second-order valence-corrected chi connectivity index (χ2v) is 7.59. The predicted molar refractivity (Wildman–Crippen MR) is 115 cm³/mol. The lowest BCUT2D eigenvalue weighted by molar-refractivity contribution is -0.384. The van der Waals surface area contributed by atoms with E-state index in [0.717, 1.165) is 42.8 Å². The summed E-state index contributed by atoms with van der Waals surface area (Å²) in [5.74, 6) is 0.760. The van der Waals surface area contributed by atoms with E-state index < -0.39 is 0 Å². The number of likely N-dealkylation sites (tertiary alicyclic amines) is 1. The summed E-state index contributed by atoms with van der Waals surface area (Å²) in [6.45, 7) is 4.54. The molecule has 8 nitrogen and oxygen atoms in total. The van der Waals surface area contributed by atoms with Crippen molar-refractivity contribution in [2.24, 2.45) is 0 Å². The second-order valence-electron chi connectivity index (χ2n) is 7.59. The molecule has 0 saturated carbocycles. The van der Waals surface area contributed by atoms with Gasteiger partial charge in [-0.15, -0.1) is 0 Å². The average Bonchev–Trinajstić information content (AvgIpc) is 3.24. The van der Waals surface area contributed by atoms with Crippen LogP contribution in [0.3, 0.4) is 0 Å². The minimum absolute atomic E-state index is 0.00674. The van der Waals surface area contributed by atoms with Gasteiger partial charge in [0.25, 0.3) is 11.6 Å². The SMILES string of the molecule is CCOc1ccc(C(=O)N2CCC(Nc3c([N+](=O)[O-])ccc4c3CCN4)CC2)cc1. The van der Waals surface area contributed by atoms with Crippen molar-refractivity contribution in [3.8, 4) is 5.75 Å². The average molecular weight is 410 g/mol. The molecule has 0 radical (unpaired) electrons. The van der Waals surface area contributed by atoms with Gasteiger partial charge in [-0.3, -0.25) is 14.9 Å². The minimum Gasteiger partial charge on any atom is -0.494 e.